The van der Waals surface area contributed by atoms with E-state index >= 15 is 0 Å². The molecule has 10 heteroatoms. The van der Waals surface area contributed by atoms with Gasteiger partial charge in [0.25, 0.3) is 17.2 Å². The topological polar surface area (TPSA) is 144 Å². The number of carbonyl (C=O) groups is 1. The Labute approximate surface area is 163 Å². The Bertz CT molecular complexity index is 1080. The molecule has 0 unspecified atom stereocenters. The number of benzene rings is 2. The minimum Gasteiger partial charge on any atom is -0.382 e. The number of nitrogens with two attached hydrogens (primary N) is 1. The first-order valence-corrected chi connectivity index (χ1v) is 9.05. The van der Waals surface area contributed by atoms with Crippen LogP contribution >= 0.6 is 11.8 Å². The summed E-state index contributed by atoms with van der Waals surface area (Å²) >= 11 is 1.16. The van der Waals surface area contributed by atoms with Crippen LogP contribution in [0.25, 0.3) is 0 Å². The van der Waals surface area contributed by atoms with Crippen molar-refractivity contribution >= 4 is 34.9 Å². The van der Waals surface area contributed by atoms with Gasteiger partial charge < -0.3 is 11.1 Å². The van der Waals surface area contributed by atoms with Crippen molar-refractivity contribution in [2.24, 2.45) is 0 Å². The third kappa shape index (κ3) is 4.54. The maximum Gasteiger partial charge on any atom is 0.277 e. The maximum absolute atomic E-state index is 12.3. The first kappa shape index (κ1) is 19.1. The highest BCUT2D eigenvalue weighted by molar-refractivity contribution is 7.98. The molecule has 3 aromatic rings. The number of nitrogen functional groups attached to an aromatic ring is 1. The summed E-state index contributed by atoms with van der Waals surface area (Å²) in [5.74, 6) is -0.245. The van der Waals surface area contributed by atoms with Crippen LogP contribution in [0.5, 0.6) is 0 Å². The number of aromatic amines is 1. The molecule has 0 fully saturated rings. The van der Waals surface area contributed by atoms with Gasteiger partial charge in [0.05, 0.1) is 4.92 Å². The van der Waals surface area contributed by atoms with E-state index in [1.54, 1.807) is 42.5 Å². The Kier molecular flexibility index (Phi) is 5.70. The number of nitro benzene ring substituents is 1. The first-order chi connectivity index (χ1) is 13.4. The molecular formula is C18H15N5O4S. The average Bonchev–Trinajstić information content (AvgIpc) is 2.70. The number of hydrogen-bond acceptors (Lipinski definition) is 7. The Hall–Kier alpha value is -3.66. The number of nitrogens with one attached hydrogen (secondary N) is 2. The SMILES string of the molecule is Nc1nc(SCc2cccc([N+](=O)[O-])c2)[nH]c(=O)c1NC(=O)c1ccccc1. The summed E-state index contributed by atoms with van der Waals surface area (Å²) < 4.78 is 0. The van der Waals surface area contributed by atoms with Crippen LogP contribution in [0.3, 0.4) is 0 Å². The standard InChI is InChI=1S/C18H15N5O4S/c19-15-14(20-16(24)12-6-2-1-3-7-12)17(25)22-18(21-15)28-10-11-5-4-8-13(9-11)23(26)27/h1-9H,10H2,(H,20,24)(H3,19,21,22,25). The maximum atomic E-state index is 12.3. The Morgan fingerprint density at radius 2 is 1.96 bits per heavy atom. The number of carbonyl (C=O) groups excluding carboxylic acids is 1. The van der Waals surface area contributed by atoms with Crippen LogP contribution in [-0.4, -0.2) is 20.8 Å². The summed E-state index contributed by atoms with van der Waals surface area (Å²) in [5, 5.41) is 13.5. The Balaban J connectivity index is 1.73. The normalized spacial score (nSPS) is 10.4. The second-order valence-corrected chi connectivity index (χ2v) is 6.63. The molecule has 0 saturated carbocycles. The van der Waals surface area contributed by atoms with E-state index in [-0.39, 0.29) is 22.3 Å². The molecule has 2 aromatic carbocycles. The Morgan fingerprint density at radius 1 is 1.21 bits per heavy atom. The molecule has 0 aliphatic heterocycles. The van der Waals surface area contributed by atoms with Crippen LogP contribution in [0.15, 0.2) is 64.5 Å². The van der Waals surface area contributed by atoms with Crippen molar-refractivity contribution in [1.82, 2.24) is 9.97 Å². The lowest BCUT2D eigenvalue weighted by molar-refractivity contribution is -0.384. The van der Waals surface area contributed by atoms with Gasteiger partial charge in [-0.05, 0) is 17.7 Å². The van der Waals surface area contributed by atoms with Crippen molar-refractivity contribution in [3.63, 3.8) is 0 Å². The second kappa shape index (κ2) is 8.35. The second-order valence-electron chi connectivity index (χ2n) is 5.67. The van der Waals surface area contributed by atoms with Crippen LogP contribution in [0.1, 0.15) is 15.9 Å². The molecule has 0 aliphatic rings. The smallest absolute Gasteiger partial charge is 0.277 e. The number of non-ortho nitro benzene ring substituents is 1. The summed E-state index contributed by atoms with van der Waals surface area (Å²) in [7, 11) is 0. The number of nitrogens with zero attached hydrogens (tertiary/aromatic N) is 2. The minimum absolute atomic E-state index is 0.0157. The lowest BCUT2D eigenvalue weighted by atomic mass is 10.2. The molecule has 0 spiro atoms. The van der Waals surface area contributed by atoms with E-state index < -0.39 is 16.4 Å². The molecule has 28 heavy (non-hydrogen) atoms. The number of rotatable bonds is 6. The van der Waals surface area contributed by atoms with Gasteiger partial charge in [0.1, 0.15) is 5.69 Å². The lowest BCUT2D eigenvalue weighted by Gasteiger charge is -2.08. The zero-order valence-electron chi connectivity index (χ0n) is 14.4. The largest absolute Gasteiger partial charge is 0.382 e. The summed E-state index contributed by atoms with van der Waals surface area (Å²) in [5.41, 5.74) is 6.18. The van der Waals surface area contributed by atoms with E-state index in [1.807, 2.05) is 0 Å². The molecule has 0 saturated heterocycles. The fourth-order valence-corrected chi connectivity index (χ4v) is 3.16. The van der Waals surface area contributed by atoms with Crippen molar-refractivity contribution in [2.75, 3.05) is 11.1 Å². The summed E-state index contributed by atoms with van der Waals surface area (Å²) in [4.78, 5) is 41.5. The van der Waals surface area contributed by atoms with E-state index in [2.05, 4.69) is 15.3 Å². The van der Waals surface area contributed by atoms with E-state index in [9.17, 15) is 19.7 Å². The van der Waals surface area contributed by atoms with Crippen LogP contribution in [0.4, 0.5) is 17.2 Å². The van der Waals surface area contributed by atoms with Gasteiger partial charge >= 0.3 is 0 Å². The highest BCUT2D eigenvalue weighted by Crippen LogP contribution is 2.23. The lowest BCUT2D eigenvalue weighted by Crippen LogP contribution is -2.23. The van der Waals surface area contributed by atoms with Gasteiger partial charge in [0, 0.05) is 23.4 Å². The van der Waals surface area contributed by atoms with Crippen molar-refractivity contribution in [1.29, 1.82) is 0 Å². The van der Waals surface area contributed by atoms with Gasteiger partial charge in [-0.3, -0.25) is 24.7 Å². The van der Waals surface area contributed by atoms with E-state index in [4.69, 9.17) is 5.73 Å². The molecule has 0 bridgehead atoms. The number of amides is 1. The van der Waals surface area contributed by atoms with E-state index in [0.29, 0.717) is 16.9 Å². The van der Waals surface area contributed by atoms with Gasteiger partial charge in [-0.15, -0.1) is 0 Å². The average molecular weight is 397 g/mol. The number of H-pyrrole nitrogens is 1. The number of anilines is 2. The van der Waals surface area contributed by atoms with Crippen LogP contribution in [-0.2, 0) is 5.75 Å². The van der Waals surface area contributed by atoms with Gasteiger partial charge in [0.2, 0.25) is 0 Å². The zero-order chi connectivity index (χ0) is 20.1. The van der Waals surface area contributed by atoms with E-state index in [0.717, 1.165) is 11.8 Å². The number of aromatic nitrogens is 2. The molecule has 1 heterocycles. The molecule has 0 atom stereocenters. The Morgan fingerprint density at radius 3 is 2.64 bits per heavy atom. The molecule has 9 nitrogen and oxygen atoms in total. The predicted molar refractivity (Wildman–Crippen MR) is 106 cm³/mol. The number of thioether (sulfide) groups is 1. The molecular weight excluding hydrogens is 382 g/mol. The first-order valence-electron chi connectivity index (χ1n) is 8.06. The third-order valence-corrected chi connectivity index (χ3v) is 4.64. The molecule has 4 N–H and O–H groups in total. The van der Waals surface area contributed by atoms with Gasteiger partial charge in [-0.2, -0.15) is 0 Å². The molecule has 1 amide bonds. The van der Waals surface area contributed by atoms with Crippen LogP contribution in [0, 0.1) is 10.1 Å². The minimum atomic E-state index is -0.585. The number of hydrogen-bond donors (Lipinski definition) is 3. The predicted octanol–water partition coefficient (Wildman–Crippen LogP) is 2.80. The van der Waals surface area contributed by atoms with Crippen molar-refractivity contribution in [3.8, 4) is 0 Å². The molecule has 1 aromatic heterocycles. The zero-order valence-corrected chi connectivity index (χ0v) is 15.2. The fraction of sp³-hybridized carbons (Fsp3) is 0.0556. The quantitative estimate of drug-likeness (QED) is 0.251. The third-order valence-electron chi connectivity index (χ3n) is 3.70. The number of nitro groups is 1. The van der Waals surface area contributed by atoms with Crippen molar-refractivity contribution < 1.29 is 9.72 Å². The monoisotopic (exact) mass is 397 g/mol. The summed E-state index contributed by atoms with van der Waals surface area (Å²) in [6.45, 7) is 0. The van der Waals surface area contributed by atoms with Gasteiger partial charge in [0.15, 0.2) is 11.0 Å². The molecule has 3 rings (SSSR count). The van der Waals surface area contributed by atoms with Crippen molar-refractivity contribution in [3.05, 3.63) is 86.2 Å². The fourth-order valence-electron chi connectivity index (χ4n) is 2.35. The molecule has 142 valence electrons. The van der Waals surface area contributed by atoms with E-state index in [1.165, 1.54) is 12.1 Å². The highest BCUT2D eigenvalue weighted by Gasteiger charge is 2.14. The van der Waals surface area contributed by atoms with Crippen molar-refractivity contribution in [2.45, 2.75) is 10.9 Å². The summed E-state index contributed by atoms with van der Waals surface area (Å²) in [6, 6.07) is 14.6. The molecule has 0 aliphatic carbocycles. The molecule has 0 radical (unpaired) electrons. The van der Waals surface area contributed by atoms with Gasteiger partial charge in [-0.25, -0.2) is 4.98 Å². The van der Waals surface area contributed by atoms with Gasteiger partial charge in [-0.1, -0.05) is 42.1 Å². The van der Waals surface area contributed by atoms with Crippen LogP contribution in [0.2, 0.25) is 0 Å². The highest BCUT2D eigenvalue weighted by atomic mass is 32.2. The summed E-state index contributed by atoms with van der Waals surface area (Å²) in [6.07, 6.45) is 0. The van der Waals surface area contributed by atoms with Crippen LogP contribution < -0.4 is 16.6 Å².